The number of nitrogens with zero attached hydrogens (tertiary/aromatic N) is 1. The molecule has 2 aromatic carbocycles. The van der Waals surface area contributed by atoms with Crippen molar-refractivity contribution in [1.82, 2.24) is 10.2 Å². The Morgan fingerprint density at radius 3 is 2.18 bits per heavy atom. The molecule has 0 radical (unpaired) electrons. The molecule has 0 bridgehead atoms. The first kappa shape index (κ1) is 20.4. The van der Waals surface area contributed by atoms with Crippen molar-refractivity contribution in [2.45, 2.75) is 25.7 Å². The van der Waals surface area contributed by atoms with Crippen LogP contribution < -0.4 is 5.32 Å². The fraction of sp³-hybridized carbons (Fsp3) is 0.286. The predicted molar refractivity (Wildman–Crippen MR) is 109 cm³/mol. The van der Waals surface area contributed by atoms with Crippen LogP contribution in [0.25, 0.3) is 0 Å². The Morgan fingerprint density at radius 2 is 1.61 bits per heavy atom. The highest BCUT2D eigenvalue weighted by Gasteiger charge is 2.35. The van der Waals surface area contributed by atoms with E-state index in [1.165, 1.54) is 0 Å². The molecule has 2 aromatic rings. The quantitative estimate of drug-likeness (QED) is 0.718. The van der Waals surface area contributed by atoms with Gasteiger partial charge in [0.05, 0.1) is 21.2 Å². The van der Waals surface area contributed by atoms with Crippen LogP contribution >= 0.6 is 23.2 Å². The van der Waals surface area contributed by atoms with Gasteiger partial charge in [-0.15, -0.1) is 0 Å². The van der Waals surface area contributed by atoms with Crippen LogP contribution in [0.15, 0.2) is 42.5 Å². The summed E-state index contributed by atoms with van der Waals surface area (Å²) in [5.74, 6) is -0.946. The summed E-state index contributed by atoms with van der Waals surface area (Å²) in [5.41, 5.74) is 1.35. The smallest absolute Gasteiger partial charge is 0.261 e. The van der Waals surface area contributed by atoms with Gasteiger partial charge in [0.2, 0.25) is 5.91 Å². The summed E-state index contributed by atoms with van der Waals surface area (Å²) in [6.07, 6.45) is 0.0446. The number of hydrogen-bond acceptors (Lipinski definition) is 3. The van der Waals surface area contributed by atoms with Crippen LogP contribution in [0.4, 0.5) is 0 Å². The van der Waals surface area contributed by atoms with E-state index in [0.29, 0.717) is 27.7 Å². The van der Waals surface area contributed by atoms with Gasteiger partial charge >= 0.3 is 0 Å². The van der Waals surface area contributed by atoms with E-state index in [-0.39, 0.29) is 36.1 Å². The molecule has 3 rings (SSSR count). The van der Waals surface area contributed by atoms with Crippen molar-refractivity contribution in [2.75, 3.05) is 13.1 Å². The van der Waals surface area contributed by atoms with Gasteiger partial charge in [-0.1, -0.05) is 55.2 Å². The molecule has 146 valence electrons. The first-order valence-electron chi connectivity index (χ1n) is 8.88. The van der Waals surface area contributed by atoms with Crippen molar-refractivity contribution in [1.29, 1.82) is 0 Å². The summed E-state index contributed by atoms with van der Waals surface area (Å²) < 4.78 is 0. The molecule has 28 heavy (non-hydrogen) atoms. The fourth-order valence-electron chi connectivity index (χ4n) is 3.08. The van der Waals surface area contributed by atoms with Crippen molar-refractivity contribution in [3.63, 3.8) is 0 Å². The molecule has 0 spiro atoms. The lowest BCUT2D eigenvalue weighted by molar-refractivity contribution is -0.121. The number of nitrogens with one attached hydrogen (secondary N) is 1. The highest BCUT2D eigenvalue weighted by Crippen LogP contribution is 2.29. The second-order valence-electron chi connectivity index (χ2n) is 7.35. The molecule has 0 unspecified atom stereocenters. The summed E-state index contributed by atoms with van der Waals surface area (Å²) in [6, 6.07) is 12.1. The molecule has 0 aromatic heterocycles. The third-order valence-corrected chi connectivity index (χ3v) is 5.61. The van der Waals surface area contributed by atoms with Gasteiger partial charge in [-0.05, 0) is 29.8 Å². The summed E-state index contributed by atoms with van der Waals surface area (Å²) in [4.78, 5) is 38.1. The molecule has 1 heterocycles. The summed E-state index contributed by atoms with van der Waals surface area (Å²) in [5, 5.41) is 3.81. The molecule has 1 N–H and O–H groups in total. The minimum atomic E-state index is -0.362. The largest absolute Gasteiger partial charge is 0.355 e. The SMILES string of the molecule is CC(C)(CNC(=O)CCN1C(=O)c2ccccc2C1=O)c1ccc(Cl)c(Cl)c1. The summed E-state index contributed by atoms with van der Waals surface area (Å²) in [6.45, 7) is 4.39. The molecule has 7 heteroatoms. The van der Waals surface area contributed by atoms with Crippen molar-refractivity contribution < 1.29 is 14.4 Å². The van der Waals surface area contributed by atoms with Gasteiger partial charge in [-0.2, -0.15) is 0 Å². The van der Waals surface area contributed by atoms with E-state index >= 15 is 0 Å². The normalized spacial score (nSPS) is 13.6. The van der Waals surface area contributed by atoms with Crippen LogP contribution in [0.1, 0.15) is 46.5 Å². The zero-order valence-electron chi connectivity index (χ0n) is 15.6. The van der Waals surface area contributed by atoms with Crippen LogP contribution in [-0.2, 0) is 10.2 Å². The molecule has 3 amide bonds. The molecule has 1 aliphatic heterocycles. The van der Waals surface area contributed by atoms with Crippen LogP contribution in [0.5, 0.6) is 0 Å². The lowest BCUT2D eigenvalue weighted by atomic mass is 9.84. The van der Waals surface area contributed by atoms with Gasteiger partial charge in [0, 0.05) is 24.9 Å². The maximum absolute atomic E-state index is 12.3. The van der Waals surface area contributed by atoms with E-state index < -0.39 is 0 Å². The zero-order chi connectivity index (χ0) is 20.5. The molecular formula is C21H20Cl2N2O3. The Morgan fingerprint density at radius 1 is 1.00 bits per heavy atom. The van der Waals surface area contributed by atoms with E-state index in [9.17, 15) is 14.4 Å². The van der Waals surface area contributed by atoms with Gasteiger partial charge < -0.3 is 5.32 Å². The minimum Gasteiger partial charge on any atom is -0.355 e. The Kier molecular flexibility index (Phi) is 5.77. The number of benzene rings is 2. The third-order valence-electron chi connectivity index (χ3n) is 4.87. The first-order valence-corrected chi connectivity index (χ1v) is 9.64. The topological polar surface area (TPSA) is 66.5 Å². The van der Waals surface area contributed by atoms with Crippen LogP contribution in [0, 0.1) is 0 Å². The summed E-state index contributed by atoms with van der Waals surface area (Å²) >= 11 is 12.0. The van der Waals surface area contributed by atoms with Crippen molar-refractivity contribution in [3.8, 4) is 0 Å². The second kappa shape index (κ2) is 7.94. The monoisotopic (exact) mass is 418 g/mol. The van der Waals surface area contributed by atoms with Crippen molar-refractivity contribution in [3.05, 3.63) is 69.2 Å². The number of fused-ring (bicyclic) bond motifs is 1. The van der Waals surface area contributed by atoms with Crippen molar-refractivity contribution in [2.24, 2.45) is 0 Å². The Hall–Kier alpha value is -2.37. The molecule has 0 saturated heterocycles. The Labute approximate surface area is 173 Å². The Balaban J connectivity index is 1.56. The zero-order valence-corrected chi connectivity index (χ0v) is 17.1. The Bertz CT molecular complexity index is 921. The molecule has 0 atom stereocenters. The average molecular weight is 419 g/mol. The standard InChI is InChI=1S/C21H20Cl2N2O3/c1-21(2,13-7-8-16(22)17(23)11-13)12-24-18(26)9-10-25-19(27)14-5-3-4-6-15(14)20(25)28/h3-8,11H,9-10,12H2,1-2H3,(H,24,26). The summed E-state index contributed by atoms with van der Waals surface area (Å²) in [7, 11) is 0. The fourth-order valence-corrected chi connectivity index (χ4v) is 3.38. The molecule has 5 nitrogen and oxygen atoms in total. The molecular weight excluding hydrogens is 399 g/mol. The van der Waals surface area contributed by atoms with Gasteiger partial charge in [0.25, 0.3) is 11.8 Å². The van der Waals surface area contributed by atoms with E-state index in [0.717, 1.165) is 10.5 Å². The lowest BCUT2D eigenvalue weighted by Crippen LogP contribution is -2.39. The number of rotatable bonds is 6. The third kappa shape index (κ3) is 4.05. The molecule has 0 fully saturated rings. The molecule has 0 aliphatic carbocycles. The van der Waals surface area contributed by atoms with E-state index in [1.807, 2.05) is 19.9 Å². The van der Waals surface area contributed by atoms with Gasteiger partial charge in [-0.3, -0.25) is 19.3 Å². The molecule has 0 saturated carbocycles. The van der Waals surface area contributed by atoms with Gasteiger partial charge in [0.15, 0.2) is 0 Å². The number of carbonyl (C=O) groups excluding carboxylic acids is 3. The van der Waals surface area contributed by atoms with E-state index in [4.69, 9.17) is 23.2 Å². The molecule has 1 aliphatic rings. The van der Waals surface area contributed by atoms with Gasteiger partial charge in [-0.25, -0.2) is 0 Å². The predicted octanol–water partition coefficient (Wildman–Crippen LogP) is 4.07. The lowest BCUT2D eigenvalue weighted by Gasteiger charge is -2.26. The number of imide groups is 1. The average Bonchev–Trinajstić information content (AvgIpc) is 2.91. The van der Waals surface area contributed by atoms with Gasteiger partial charge in [0.1, 0.15) is 0 Å². The number of carbonyl (C=O) groups is 3. The number of hydrogen-bond donors (Lipinski definition) is 1. The maximum atomic E-state index is 12.3. The number of halogens is 2. The van der Waals surface area contributed by atoms with Crippen LogP contribution in [-0.4, -0.2) is 35.7 Å². The van der Waals surface area contributed by atoms with Crippen LogP contribution in [0.2, 0.25) is 10.0 Å². The highest BCUT2D eigenvalue weighted by molar-refractivity contribution is 6.42. The van der Waals surface area contributed by atoms with Crippen molar-refractivity contribution >= 4 is 40.9 Å². The van der Waals surface area contributed by atoms with Crippen LogP contribution in [0.3, 0.4) is 0 Å². The van der Waals surface area contributed by atoms with E-state index in [2.05, 4.69) is 5.32 Å². The first-order chi connectivity index (χ1) is 13.2. The minimum absolute atomic E-state index is 0.0446. The second-order valence-corrected chi connectivity index (χ2v) is 8.16. The highest BCUT2D eigenvalue weighted by atomic mass is 35.5. The van der Waals surface area contributed by atoms with E-state index in [1.54, 1.807) is 36.4 Å². The maximum Gasteiger partial charge on any atom is 0.261 e. The number of amides is 3.